The van der Waals surface area contributed by atoms with Gasteiger partial charge in [-0.25, -0.2) is 0 Å². The maximum absolute atomic E-state index is 11.6. The fourth-order valence-corrected chi connectivity index (χ4v) is 3.30. The van der Waals surface area contributed by atoms with Gasteiger partial charge in [0, 0.05) is 17.7 Å². The van der Waals surface area contributed by atoms with E-state index in [1.54, 1.807) is 6.07 Å². The predicted octanol–water partition coefficient (Wildman–Crippen LogP) is 5.06. The number of nitrogens with zero attached hydrogens (tertiary/aromatic N) is 1. The van der Waals surface area contributed by atoms with E-state index in [0.29, 0.717) is 17.9 Å². The van der Waals surface area contributed by atoms with Gasteiger partial charge in [0.1, 0.15) is 12.4 Å². The molecule has 5 nitrogen and oxygen atoms in total. The van der Waals surface area contributed by atoms with E-state index >= 15 is 0 Å². The molecule has 142 valence electrons. The van der Waals surface area contributed by atoms with Gasteiger partial charge in [-0.15, -0.1) is 0 Å². The standard InChI is InChI=1S/C22H26N2O3/c1-16(2)20-14-21(24(25)26)18(10-11-19-9-6-12-23-19)13-22(20)27-15-17-7-4-3-5-8-17/h3-5,7-8,10-11,13-14,16,19,23H,6,9,12,15H2,1-2H3. The minimum Gasteiger partial charge on any atom is -0.489 e. The van der Waals surface area contributed by atoms with Crippen molar-refractivity contribution in [2.45, 2.75) is 45.3 Å². The van der Waals surface area contributed by atoms with Gasteiger partial charge in [-0.05, 0) is 36.9 Å². The second-order valence-electron chi connectivity index (χ2n) is 7.20. The van der Waals surface area contributed by atoms with Crippen molar-refractivity contribution < 1.29 is 9.66 Å². The van der Waals surface area contributed by atoms with Gasteiger partial charge < -0.3 is 10.1 Å². The molecule has 0 saturated carbocycles. The second-order valence-corrected chi connectivity index (χ2v) is 7.20. The van der Waals surface area contributed by atoms with E-state index in [2.05, 4.69) is 5.32 Å². The van der Waals surface area contributed by atoms with Crippen molar-refractivity contribution in [1.29, 1.82) is 0 Å². The average molecular weight is 366 g/mol. The monoisotopic (exact) mass is 366 g/mol. The van der Waals surface area contributed by atoms with Crippen LogP contribution in [0.25, 0.3) is 6.08 Å². The summed E-state index contributed by atoms with van der Waals surface area (Å²) in [6, 6.07) is 13.7. The summed E-state index contributed by atoms with van der Waals surface area (Å²) in [7, 11) is 0. The smallest absolute Gasteiger partial charge is 0.277 e. The molecule has 0 aromatic heterocycles. The van der Waals surface area contributed by atoms with Crippen molar-refractivity contribution in [3.05, 3.63) is 75.3 Å². The molecule has 1 atom stereocenters. The minimum absolute atomic E-state index is 0.125. The van der Waals surface area contributed by atoms with Gasteiger partial charge in [0.15, 0.2) is 0 Å². The van der Waals surface area contributed by atoms with Crippen LogP contribution >= 0.6 is 0 Å². The van der Waals surface area contributed by atoms with E-state index in [1.807, 2.05) is 62.4 Å². The molecule has 27 heavy (non-hydrogen) atoms. The van der Waals surface area contributed by atoms with E-state index in [1.165, 1.54) is 0 Å². The lowest BCUT2D eigenvalue weighted by atomic mass is 9.98. The van der Waals surface area contributed by atoms with E-state index in [0.717, 1.165) is 30.5 Å². The third kappa shape index (κ3) is 4.95. The highest BCUT2D eigenvalue weighted by atomic mass is 16.6. The highest BCUT2D eigenvalue weighted by Crippen LogP contribution is 2.35. The van der Waals surface area contributed by atoms with E-state index in [-0.39, 0.29) is 22.6 Å². The Bertz CT molecular complexity index is 810. The van der Waals surface area contributed by atoms with Crippen LogP contribution in [0.3, 0.4) is 0 Å². The number of hydrogen-bond donors (Lipinski definition) is 1. The van der Waals surface area contributed by atoms with Gasteiger partial charge in [-0.1, -0.05) is 56.3 Å². The number of nitro benzene ring substituents is 1. The van der Waals surface area contributed by atoms with E-state index in [4.69, 9.17) is 4.74 Å². The normalized spacial score (nSPS) is 16.9. The van der Waals surface area contributed by atoms with Crippen LogP contribution in [0.2, 0.25) is 0 Å². The molecule has 1 aliphatic heterocycles. The molecule has 0 spiro atoms. The van der Waals surface area contributed by atoms with Gasteiger partial charge in [-0.2, -0.15) is 0 Å². The number of ether oxygens (including phenoxy) is 1. The molecular weight excluding hydrogens is 340 g/mol. The lowest BCUT2D eigenvalue weighted by molar-refractivity contribution is -0.385. The molecule has 0 aliphatic carbocycles. The molecule has 2 aromatic carbocycles. The van der Waals surface area contributed by atoms with Crippen molar-refractivity contribution in [2.24, 2.45) is 0 Å². The van der Waals surface area contributed by atoms with Gasteiger partial charge in [-0.3, -0.25) is 10.1 Å². The average Bonchev–Trinajstić information content (AvgIpc) is 3.18. The second kappa shape index (κ2) is 8.82. The third-order valence-corrected chi connectivity index (χ3v) is 4.82. The van der Waals surface area contributed by atoms with Crippen LogP contribution in [0.1, 0.15) is 49.3 Å². The molecule has 1 fully saturated rings. The van der Waals surface area contributed by atoms with Crippen molar-refractivity contribution in [2.75, 3.05) is 6.54 Å². The maximum atomic E-state index is 11.6. The number of nitro groups is 1. The first kappa shape index (κ1) is 19.1. The Kier molecular flexibility index (Phi) is 6.24. The van der Waals surface area contributed by atoms with Gasteiger partial charge in [0.2, 0.25) is 0 Å². The first-order valence-corrected chi connectivity index (χ1v) is 9.45. The molecule has 0 amide bonds. The summed E-state index contributed by atoms with van der Waals surface area (Å²) in [5.74, 6) is 0.836. The first-order valence-electron chi connectivity index (χ1n) is 9.45. The quantitative estimate of drug-likeness (QED) is 0.549. The number of rotatable bonds is 7. The fourth-order valence-electron chi connectivity index (χ4n) is 3.30. The molecule has 1 unspecified atom stereocenters. The molecule has 1 aliphatic rings. The molecule has 1 saturated heterocycles. The Morgan fingerprint density at radius 1 is 1.30 bits per heavy atom. The van der Waals surface area contributed by atoms with Crippen molar-refractivity contribution in [3.63, 3.8) is 0 Å². The summed E-state index contributed by atoms with van der Waals surface area (Å²) in [5, 5.41) is 15.0. The van der Waals surface area contributed by atoms with Gasteiger partial charge in [0.25, 0.3) is 5.69 Å². The minimum atomic E-state index is -0.311. The Hall–Kier alpha value is -2.66. The van der Waals surface area contributed by atoms with Gasteiger partial charge >= 0.3 is 0 Å². The number of benzene rings is 2. The Morgan fingerprint density at radius 3 is 2.70 bits per heavy atom. The molecule has 1 N–H and O–H groups in total. The van der Waals surface area contributed by atoms with Crippen LogP contribution in [0.4, 0.5) is 5.69 Å². The zero-order valence-electron chi connectivity index (χ0n) is 15.9. The Morgan fingerprint density at radius 2 is 2.07 bits per heavy atom. The van der Waals surface area contributed by atoms with Crippen molar-refractivity contribution in [3.8, 4) is 5.75 Å². The Balaban J connectivity index is 1.91. The molecule has 0 bridgehead atoms. The molecular formula is C22H26N2O3. The highest BCUT2D eigenvalue weighted by molar-refractivity contribution is 5.65. The zero-order chi connectivity index (χ0) is 19.2. The maximum Gasteiger partial charge on any atom is 0.277 e. The van der Waals surface area contributed by atoms with Crippen LogP contribution in [0.5, 0.6) is 5.75 Å². The number of nitrogens with one attached hydrogen (secondary N) is 1. The summed E-state index contributed by atoms with van der Waals surface area (Å²) < 4.78 is 6.06. The molecule has 2 aromatic rings. The van der Waals surface area contributed by atoms with Crippen LogP contribution in [0.15, 0.2) is 48.5 Å². The topological polar surface area (TPSA) is 64.4 Å². The summed E-state index contributed by atoms with van der Waals surface area (Å²) >= 11 is 0. The van der Waals surface area contributed by atoms with Crippen LogP contribution in [-0.4, -0.2) is 17.5 Å². The summed E-state index contributed by atoms with van der Waals surface area (Å²) in [6.07, 6.45) is 6.06. The third-order valence-electron chi connectivity index (χ3n) is 4.82. The van der Waals surface area contributed by atoms with Crippen LogP contribution in [0, 0.1) is 10.1 Å². The summed E-state index contributed by atoms with van der Waals surface area (Å²) in [5.41, 5.74) is 2.63. The lowest BCUT2D eigenvalue weighted by Crippen LogP contribution is -2.18. The molecule has 3 rings (SSSR count). The zero-order valence-corrected chi connectivity index (χ0v) is 15.9. The van der Waals surface area contributed by atoms with E-state index in [9.17, 15) is 10.1 Å². The van der Waals surface area contributed by atoms with Crippen molar-refractivity contribution >= 4 is 11.8 Å². The van der Waals surface area contributed by atoms with Crippen LogP contribution < -0.4 is 10.1 Å². The highest BCUT2D eigenvalue weighted by Gasteiger charge is 2.20. The lowest BCUT2D eigenvalue weighted by Gasteiger charge is -2.15. The summed E-state index contributed by atoms with van der Waals surface area (Å²) in [4.78, 5) is 11.3. The van der Waals surface area contributed by atoms with E-state index < -0.39 is 0 Å². The van der Waals surface area contributed by atoms with Crippen molar-refractivity contribution in [1.82, 2.24) is 5.32 Å². The molecule has 0 radical (unpaired) electrons. The summed E-state index contributed by atoms with van der Waals surface area (Å²) in [6.45, 7) is 5.47. The SMILES string of the molecule is CC(C)c1cc([N+](=O)[O-])c(C=CC2CCCN2)cc1OCc1ccccc1. The first-order chi connectivity index (χ1) is 13.0. The van der Waals surface area contributed by atoms with Gasteiger partial charge in [0.05, 0.1) is 10.5 Å². The molecule has 1 heterocycles. The fraction of sp³-hybridized carbons (Fsp3) is 0.364. The molecule has 5 heteroatoms. The van der Waals surface area contributed by atoms with Crippen LogP contribution in [-0.2, 0) is 6.61 Å². The largest absolute Gasteiger partial charge is 0.489 e. The Labute approximate surface area is 160 Å². The number of hydrogen-bond acceptors (Lipinski definition) is 4. The predicted molar refractivity (Wildman–Crippen MR) is 108 cm³/mol.